The summed E-state index contributed by atoms with van der Waals surface area (Å²) in [5, 5.41) is 0. The summed E-state index contributed by atoms with van der Waals surface area (Å²) in [6, 6.07) is 8.30. The minimum atomic E-state index is -0.409. The monoisotopic (exact) mass is 431 g/mol. The molecule has 3 aliphatic rings. The molecule has 2 amide bonds. The van der Waals surface area contributed by atoms with Gasteiger partial charge in [-0.1, -0.05) is 6.42 Å². The molecule has 7 heteroatoms. The number of carbonyl (C=O) groups is 2. The maximum Gasteiger partial charge on any atom is 0.245 e. The van der Waals surface area contributed by atoms with E-state index in [-0.39, 0.29) is 17.9 Å². The van der Waals surface area contributed by atoms with Crippen molar-refractivity contribution in [1.82, 2.24) is 14.7 Å². The summed E-state index contributed by atoms with van der Waals surface area (Å²) in [6.45, 7) is 5.60. The topological polar surface area (TPSA) is 53.1 Å². The molecule has 164 valence electrons. The van der Waals surface area contributed by atoms with Gasteiger partial charge in [0.25, 0.3) is 0 Å². The van der Waals surface area contributed by atoms with Crippen molar-refractivity contribution in [3.8, 4) is 5.75 Å². The van der Waals surface area contributed by atoms with Gasteiger partial charge in [-0.15, -0.1) is 11.8 Å². The smallest absolute Gasteiger partial charge is 0.245 e. The normalized spacial score (nSPS) is 25.7. The second kappa shape index (κ2) is 9.60. The van der Waals surface area contributed by atoms with Crippen LogP contribution in [0.4, 0.5) is 0 Å². The van der Waals surface area contributed by atoms with Gasteiger partial charge in [0.1, 0.15) is 17.9 Å². The fourth-order valence-electron chi connectivity index (χ4n) is 4.80. The molecule has 1 aliphatic carbocycles. The van der Waals surface area contributed by atoms with Crippen LogP contribution in [0.3, 0.4) is 0 Å². The second-order valence-corrected chi connectivity index (χ2v) is 9.52. The van der Waals surface area contributed by atoms with E-state index in [1.807, 2.05) is 35.4 Å². The van der Waals surface area contributed by atoms with E-state index in [1.165, 1.54) is 24.2 Å². The Hall–Kier alpha value is -1.73. The van der Waals surface area contributed by atoms with E-state index in [1.54, 1.807) is 23.6 Å². The van der Waals surface area contributed by atoms with Crippen LogP contribution < -0.4 is 4.74 Å². The number of rotatable bonds is 5. The number of amides is 2. The minimum absolute atomic E-state index is 0.0527. The lowest BCUT2D eigenvalue weighted by molar-refractivity contribution is -0.142. The third-order valence-corrected chi connectivity index (χ3v) is 7.49. The lowest BCUT2D eigenvalue weighted by Crippen LogP contribution is -2.48. The number of hydrogen-bond acceptors (Lipinski definition) is 5. The molecule has 0 unspecified atom stereocenters. The highest BCUT2D eigenvalue weighted by Gasteiger charge is 2.41. The molecule has 2 saturated heterocycles. The molecule has 6 nitrogen and oxygen atoms in total. The highest BCUT2D eigenvalue weighted by molar-refractivity contribution is 7.98. The first kappa shape index (κ1) is 21.5. The summed E-state index contributed by atoms with van der Waals surface area (Å²) in [5.74, 6) is 0.827. The molecule has 0 radical (unpaired) electrons. The number of benzene rings is 1. The molecule has 1 aromatic rings. The first-order chi connectivity index (χ1) is 14.5. The third kappa shape index (κ3) is 4.78. The van der Waals surface area contributed by atoms with Gasteiger partial charge in [-0.2, -0.15) is 0 Å². The van der Waals surface area contributed by atoms with Crippen molar-refractivity contribution in [2.24, 2.45) is 0 Å². The molecule has 1 saturated carbocycles. The summed E-state index contributed by atoms with van der Waals surface area (Å²) in [6.07, 6.45) is 7.39. The van der Waals surface area contributed by atoms with Gasteiger partial charge < -0.3 is 14.5 Å². The van der Waals surface area contributed by atoms with Crippen molar-refractivity contribution in [3.63, 3.8) is 0 Å². The predicted molar refractivity (Wildman–Crippen MR) is 119 cm³/mol. The van der Waals surface area contributed by atoms with Gasteiger partial charge in [0.05, 0.1) is 6.54 Å². The summed E-state index contributed by atoms with van der Waals surface area (Å²) in [5.41, 5.74) is 0. The predicted octanol–water partition coefficient (Wildman–Crippen LogP) is 2.86. The van der Waals surface area contributed by atoms with E-state index < -0.39 is 6.04 Å². The lowest BCUT2D eigenvalue weighted by Gasteiger charge is -2.36. The molecule has 3 fully saturated rings. The van der Waals surface area contributed by atoms with E-state index in [2.05, 4.69) is 4.90 Å². The van der Waals surface area contributed by atoms with Crippen LogP contribution >= 0.6 is 11.8 Å². The standard InChI is InChI=1S/C23H33N3O3S/c1-17(27)26-16-20(29-19-7-9-21(30-2)10-8-19)15-22(26)23(28)25-12-4-11-24(13-14-25)18-5-3-6-18/h7-10,18,20,22H,3-6,11-16H2,1-2H3/t20-,22+/m0/s1. The summed E-state index contributed by atoms with van der Waals surface area (Å²) in [4.78, 5) is 33.1. The zero-order valence-electron chi connectivity index (χ0n) is 18.1. The second-order valence-electron chi connectivity index (χ2n) is 8.64. The van der Waals surface area contributed by atoms with Crippen molar-refractivity contribution >= 4 is 23.6 Å². The van der Waals surface area contributed by atoms with Gasteiger partial charge in [0.15, 0.2) is 0 Å². The quantitative estimate of drug-likeness (QED) is 0.671. The summed E-state index contributed by atoms with van der Waals surface area (Å²) in [7, 11) is 0. The SMILES string of the molecule is CSc1ccc(O[C@H]2C[C@H](C(=O)N3CCCN(C4CCC4)CC3)N(C(C)=O)C2)cc1. The zero-order chi connectivity index (χ0) is 21.1. The van der Waals surface area contributed by atoms with Crippen LogP contribution in [0, 0.1) is 0 Å². The largest absolute Gasteiger partial charge is 0.488 e. The Morgan fingerprint density at radius 1 is 1.03 bits per heavy atom. The molecule has 2 atom stereocenters. The Labute approximate surface area is 183 Å². The first-order valence-corrected chi connectivity index (χ1v) is 12.4. The molecule has 2 aliphatic heterocycles. The Balaban J connectivity index is 1.38. The van der Waals surface area contributed by atoms with E-state index in [0.29, 0.717) is 13.0 Å². The Kier molecular flexibility index (Phi) is 6.88. The first-order valence-electron chi connectivity index (χ1n) is 11.2. The number of nitrogens with zero attached hydrogens (tertiary/aromatic N) is 3. The van der Waals surface area contributed by atoms with Crippen molar-refractivity contribution in [3.05, 3.63) is 24.3 Å². The average molecular weight is 432 g/mol. The van der Waals surface area contributed by atoms with Gasteiger partial charge in [0, 0.05) is 50.5 Å². The Bertz CT molecular complexity index is 753. The van der Waals surface area contributed by atoms with Crippen molar-refractivity contribution in [2.45, 2.75) is 62.1 Å². The van der Waals surface area contributed by atoms with E-state index >= 15 is 0 Å². The minimum Gasteiger partial charge on any atom is -0.488 e. The van der Waals surface area contributed by atoms with Crippen LogP contribution in [0.15, 0.2) is 29.2 Å². The number of ether oxygens (including phenoxy) is 1. The molecule has 0 spiro atoms. The molecule has 0 bridgehead atoms. The van der Waals surface area contributed by atoms with Crippen LogP contribution in [-0.2, 0) is 9.59 Å². The molecular formula is C23H33N3O3S. The van der Waals surface area contributed by atoms with E-state index in [4.69, 9.17) is 4.74 Å². The van der Waals surface area contributed by atoms with Gasteiger partial charge in [-0.3, -0.25) is 14.5 Å². The third-order valence-electron chi connectivity index (χ3n) is 6.75. The highest BCUT2D eigenvalue weighted by Crippen LogP contribution is 2.28. The molecule has 1 aromatic carbocycles. The lowest BCUT2D eigenvalue weighted by atomic mass is 9.91. The summed E-state index contributed by atoms with van der Waals surface area (Å²) < 4.78 is 6.14. The number of likely N-dealkylation sites (tertiary alicyclic amines) is 1. The van der Waals surface area contributed by atoms with Crippen molar-refractivity contribution in [1.29, 1.82) is 0 Å². The molecule has 4 rings (SSSR count). The number of hydrogen-bond donors (Lipinski definition) is 0. The molecular weight excluding hydrogens is 398 g/mol. The fourth-order valence-corrected chi connectivity index (χ4v) is 5.21. The van der Waals surface area contributed by atoms with Crippen molar-refractivity contribution < 1.29 is 14.3 Å². The van der Waals surface area contributed by atoms with Gasteiger partial charge >= 0.3 is 0 Å². The number of carbonyl (C=O) groups excluding carboxylic acids is 2. The van der Waals surface area contributed by atoms with Gasteiger partial charge in [-0.05, 0) is 49.8 Å². The average Bonchev–Trinajstić information content (AvgIpc) is 2.98. The van der Waals surface area contributed by atoms with Crippen LogP contribution in [0.25, 0.3) is 0 Å². The Morgan fingerprint density at radius 2 is 1.80 bits per heavy atom. The maximum atomic E-state index is 13.4. The Morgan fingerprint density at radius 3 is 2.43 bits per heavy atom. The van der Waals surface area contributed by atoms with Gasteiger partial charge in [-0.25, -0.2) is 0 Å². The van der Waals surface area contributed by atoms with Crippen LogP contribution in [0.2, 0.25) is 0 Å². The van der Waals surface area contributed by atoms with Crippen LogP contribution in [0.5, 0.6) is 5.75 Å². The fraction of sp³-hybridized carbons (Fsp3) is 0.652. The summed E-state index contributed by atoms with van der Waals surface area (Å²) >= 11 is 1.69. The van der Waals surface area contributed by atoms with Gasteiger partial charge in [0.2, 0.25) is 11.8 Å². The highest BCUT2D eigenvalue weighted by atomic mass is 32.2. The number of thioether (sulfide) groups is 1. The van der Waals surface area contributed by atoms with Crippen LogP contribution in [-0.4, -0.2) is 83.7 Å². The van der Waals surface area contributed by atoms with Crippen molar-refractivity contribution in [2.75, 3.05) is 39.0 Å². The van der Waals surface area contributed by atoms with E-state index in [9.17, 15) is 9.59 Å². The maximum absolute atomic E-state index is 13.4. The molecule has 0 aromatic heterocycles. The zero-order valence-corrected chi connectivity index (χ0v) is 18.9. The molecule has 2 heterocycles. The van der Waals surface area contributed by atoms with E-state index in [0.717, 1.165) is 44.4 Å². The molecule has 30 heavy (non-hydrogen) atoms. The van der Waals surface area contributed by atoms with Crippen LogP contribution in [0.1, 0.15) is 39.0 Å². The molecule has 0 N–H and O–H groups in total.